The maximum absolute atomic E-state index is 10.3. The topological polar surface area (TPSA) is 70.9 Å². The predicted octanol–water partition coefficient (Wildman–Crippen LogP) is 5.01. The maximum Gasteiger partial charge on any atom is 0.167 e. The lowest BCUT2D eigenvalue weighted by Crippen LogP contribution is -2.00. The van der Waals surface area contributed by atoms with Crippen LogP contribution < -0.4 is 5.32 Å². The molecular weight excluding hydrogens is 348 g/mol. The molecule has 2 N–H and O–H groups in total. The minimum atomic E-state index is 0.140. The second kappa shape index (κ2) is 7.88. The number of phenols is 1. The second-order valence-corrected chi connectivity index (χ2v) is 6.30. The minimum Gasteiger partial charge on any atom is -0.507 e. The largest absolute Gasteiger partial charge is 0.507 e. The van der Waals surface area contributed by atoms with E-state index in [4.69, 9.17) is 0 Å². The van der Waals surface area contributed by atoms with Crippen molar-refractivity contribution in [3.05, 3.63) is 78.9 Å². The molecule has 1 aromatic heterocycles. The fourth-order valence-electron chi connectivity index (χ4n) is 2.95. The van der Waals surface area contributed by atoms with Crippen LogP contribution in [-0.2, 0) is 0 Å². The highest BCUT2D eigenvalue weighted by Crippen LogP contribution is 2.29. The monoisotopic (exact) mass is 368 g/mol. The molecular formula is C23H20N4O. The first-order chi connectivity index (χ1) is 13.7. The zero-order valence-electron chi connectivity index (χ0n) is 15.5. The van der Waals surface area contributed by atoms with Gasteiger partial charge in [0.2, 0.25) is 0 Å². The Morgan fingerprint density at radius 3 is 1.89 bits per heavy atom. The van der Waals surface area contributed by atoms with Gasteiger partial charge in [0, 0.05) is 23.4 Å². The molecule has 0 saturated carbocycles. The Labute approximate surface area is 163 Å². The van der Waals surface area contributed by atoms with Crippen molar-refractivity contribution >= 4 is 5.69 Å². The Morgan fingerprint density at radius 1 is 0.679 bits per heavy atom. The number of nitrogens with one attached hydrogen (secondary N) is 1. The van der Waals surface area contributed by atoms with Gasteiger partial charge in [-0.25, -0.2) is 15.0 Å². The maximum atomic E-state index is 10.3. The van der Waals surface area contributed by atoms with Gasteiger partial charge in [-0.3, -0.25) is 0 Å². The van der Waals surface area contributed by atoms with Gasteiger partial charge in [-0.15, -0.1) is 0 Å². The van der Waals surface area contributed by atoms with Crippen LogP contribution in [0.5, 0.6) is 5.75 Å². The fraction of sp³-hybridized carbons (Fsp3) is 0.0870. The van der Waals surface area contributed by atoms with Crippen LogP contribution in [0, 0.1) is 0 Å². The summed E-state index contributed by atoms with van der Waals surface area (Å²) >= 11 is 0. The normalized spacial score (nSPS) is 10.6. The molecule has 1 heterocycles. The quantitative estimate of drug-likeness (QED) is 0.518. The smallest absolute Gasteiger partial charge is 0.167 e. The van der Waals surface area contributed by atoms with E-state index in [0.29, 0.717) is 23.0 Å². The Bertz CT molecular complexity index is 1080. The molecule has 0 bridgehead atoms. The first kappa shape index (κ1) is 17.7. The Balaban J connectivity index is 1.86. The molecule has 4 aromatic rings. The van der Waals surface area contributed by atoms with Crippen molar-refractivity contribution in [1.82, 2.24) is 15.0 Å². The van der Waals surface area contributed by atoms with Gasteiger partial charge in [0.05, 0.1) is 5.56 Å². The molecule has 3 aromatic carbocycles. The number of nitrogens with zero attached hydrogens (tertiary/aromatic N) is 3. The number of para-hydroxylation sites is 1. The lowest BCUT2D eigenvalue weighted by Gasteiger charge is -2.10. The number of anilines is 1. The van der Waals surface area contributed by atoms with Crippen LogP contribution >= 0.6 is 0 Å². The average molecular weight is 368 g/mol. The van der Waals surface area contributed by atoms with Crippen LogP contribution in [0.25, 0.3) is 34.2 Å². The molecule has 4 rings (SSSR count). The summed E-state index contributed by atoms with van der Waals surface area (Å²) in [6.45, 7) is 2.92. The summed E-state index contributed by atoms with van der Waals surface area (Å²) in [4.78, 5) is 13.9. The van der Waals surface area contributed by atoms with Crippen LogP contribution in [0.15, 0.2) is 78.9 Å². The van der Waals surface area contributed by atoms with E-state index in [1.807, 2.05) is 60.7 Å². The molecule has 0 aliphatic heterocycles. The predicted molar refractivity (Wildman–Crippen MR) is 112 cm³/mol. The van der Waals surface area contributed by atoms with Crippen LogP contribution in [0.1, 0.15) is 6.92 Å². The summed E-state index contributed by atoms with van der Waals surface area (Å²) in [5, 5.41) is 13.6. The van der Waals surface area contributed by atoms with Crippen molar-refractivity contribution in [2.24, 2.45) is 0 Å². The lowest BCUT2D eigenvalue weighted by molar-refractivity contribution is 0.477. The number of aromatic hydroxyl groups is 1. The van der Waals surface area contributed by atoms with E-state index in [0.717, 1.165) is 23.4 Å². The summed E-state index contributed by atoms with van der Waals surface area (Å²) in [6.07, 6.45) is 0. The average Bonchev–Trinajstić information content (AvgIpc) is 2.75. The molecule has 0 saturated heterocycles. The molecule has 0 aliphatic carbocycles. The Morgan fingerprint density at radius 2 is 1.25 bits per heavy atom. The third-order valence-electron chi connectivity index (χ3n) is 4.34. The molecule has 0 amide bonds. The number of aromatic nitrogens is 3. The highest BCUT2D eigenvalue weighted by Gasteiger charge is 2.14. The van der Waals surface area contributed by atoms with E-state index in [9.17, 15) is 5.11 Å². The van der Waals surface area contributed by atoms with Crippen molar-refractivity contribution in [1.29, 1.82) is 0 Å². The Hall–Kier alpha value is -3.73. The summed E-state index contributed by atoms with van der Waals surface area (Å²) in [5.41, 5.74) is 3.40. The molecule has 0 aliphatic rings. The summed E-state index contributed by atoms with van der Waals surface area (Å²) < 4.78 is 0. The summed E-state index contributed by atoms with van der Waals surface area (Å²) in [5.74, 6) is 1.72. The van der Waals surface area contributed by atoms with Gasteiger partial charge in [-0.1, -0.05) is 42.5 Å². The molecule has 28 heavy (non-hydrogen) atoms. The lowest BCUT2D eigenvalue weighted by atomic mass is 10.1. The zero-order chi connectivity index (χ0) is 19.3. The number of hydrogen-bond donors (Lipinski definition) is 2. The van der Waals surface area contributed by atoms with Crippen LogP contribution in [-0.4, -0.2) is 26.6 Å². The van der Waals surface area contributed by atoms with Crippen molar-refractivity contribution in [2.45, 2.75) is 6.92 Å². The zero-order valence-corrected chi connectivity index (χ0v) is 15.5. The van der Waals surface area contributed by atoms with Gasteiger partial charge in [0.15, 0.2) is 17.5 Å². The van der Waals surface area contributed by atoms with Crippen molar-refractivity contribution in [3.8, 4) is 39.9 Å². The highest BCUT2D eigenvalue weighted by atomic mass is 16.3. The number of rotatable bonds is 5. The molecule has 0 radical (unpaired) electrons. The molecule has 138 valence electrons. The van der Waals surface area contributed by atoms with Crippen LogP contribution in [0.3, 0.4) is 0 Å². The molecule has 0 spiro atoms. The molecule has 5 heteroatoms. The van der Waals surface area contributed by atoms with Crippen molar-refractivity contribution < 1.29 is 5.11 Å². The highest BCUT2D eigenvalue weighted by molar-refractivity contribution is 5.70. The molecule has 0 fully saturated rings. The van der Waals surface area contributed by atoms with E-state index < -0.39 is 0 Å². The van der Waals surface area contributed by atoms with Crippen molar-refractivity contribution in [2.75, 3.05) is 11.9 Å². The van der Waals surface area contributed by atoms with E-state index in [2.05, 4.69) is 27.2 Å². The fourth-order valence-corrected chi connectivity index (χ4v) is 2.95. The van der Waals surface area contributed by atoms with E-state index in [-0.39, 0.29) is 5.75 Å². The van der Waals surface area contributed by atoms with E-state index in [1.54, 1.807) is 18.2 Å². The molecule has 0 unspecified atom stereocenters. The Kier molecular flexibility index (Phi) is 4.97. The first-order valence-electron chi connectivity index (χ1n) is 9.19. The number of hydrogen-bond acceptors (Lipinski definition) is 5. The standard InChI is InChI=1S/C23H20N4O/c1-2-24-18-14-12-17(13-15-18)22-25-21(16-8-4-3-5-9-16)26-23(27-22)19-10-6-7-11-20(19)28/h3-15,24,28H,2H2,1H3. The van der Waals surface area contributed by atoms with E-state index >= 15 is 0 Å². The van der Waals surface area contributed by atoms with Gasteiger partial charge in [0.25, 0.3) is 0 Å². The first-order valence-corrected chi connectivity index (χ1v) is 9.19. The van der Waals surface area contributed by atoms with E-state index in [1.165, 1.54) is 0 Å². The van der Waals surface area contributed by atoms with Gasteiger partial charge >= 0.3 is 0 Å². The van der Waals surface area contributed by atoms with Crippen molar-refractivity contribution in [3.63, 3.8) is 0 Å². The van der Waals surface area contributed by atoms with Gasteiger partial charge in [-0.2, -0.15) is 0 Å². The van der Waals surface area contributed by atoms with Gasteiger partial charge in [0.1, 0.15) is 5.75 Å². The number of phenolic OH excluding ortho intramolecular Hbond substituents is 1. The van der Waals surface area contributed by atoms with Crippen LogP contribution in [0.2, 0.25) is 0 Å². The minimum absolute atomic E-state index is 0.140. The molecule has 0 atom stereocenters. The third kappa shape index (κ3) is 3.69. The SMILES string of the molecule is CCNc1ccc(-c2nc(-c3ccccc3)nc(-c3ccccc3O)n2)cc1. The second-order valence-electron chi connectivity index (χ2n) is 6.30. The summed E-state index contributed by atoms with van der Waals surface area (Å²) in [6, 6.07) is 24.8. The van der Waals surface area contributed by atoms with Crippen LogP contribution in [0.4, 0.5) is 5.69 Å². The molecule has 5 nitrogen and oxygen atoms in total. The van der Waals surface area contributed by atoms with Gasteiger partial charge < -0.3 is 10.4 Å². The van der Waals surface area contributed by atoms with Gasteiger partial charge in [-0.05, 0) is 43.3 Å². The number of benzene rings is 3. The summed E-state index contributed by atoms with van der Waals surface area (Å²) in [7, 11) is 0. The third-order valence-corrected chi connectivity index (χ3v) is 4.34.